The van der Waals surface area contributed by atoms with Gasteiger partial charge in [-0.1, -0.05) is 25.1 Å². The van der Waals surface area contributed by atoms with Gasteiger partial charge in [-0.05, 0) is 18.1 Å². The van der Waals surface area contributed by atoms with Crippen molar-refractivity contribution in [2.24, 2.45) is 5.92 Å². The number of rotatable bonds is 0. The summed E-state index contributed by atoms with van der Waals surface area (Å²) >= 11 is 0. The average Bonchev–Trinajstić information content (AvgIpc) is 2.19. The Labute approximate surface area is 89.3 Å². The third-order valence-electron chi connectivity index (χ3n) is 2.91. The van der Waals surface area contributed by atoms with Crippen LogP contribution in [0.4, 0.5) is 5.69 Å². The molecule has 0 fully saturated rings. The number of benzene rings is 1. The maximum absolute atomic E-state index is 11.5. The van der Waals surface area contributed by atoms with Gasteiger partial charge in [0.25, 0.3) is 0 Å². The molecule has 1 aliphatic rings. The normalized spacial score (nSPS) is 24.9. The number of aliphatic hydroxyl groups excluding tert-OH is 1. The first-order valence-electron chi connectivity index (χ1n) is 5.17. The molecule has 0 unspecified atom stereocenters. The van der Waals surface area contributed by atoms with E-state index in [0.29, 0.717) is 0 Å². The van der Waals surface area contributed by atoms with Gasteiger partial charge in [0.2, 0.25) is 5.91 Å². The smallest absolute Gasteiger partial charge is 0.225 e. The molecule has 3 nitrogen and oxygen atoms in total. The van der Waals surface area contributed by atoms with E-state index in [4.69, 9.17) is 0 Å². The van der Waals surface area contributed by atoms with Gasteiger partial charge in [-0.25, -0.2) is 0 Å². The Bertz CT molecular complexity index is 389. The predicted octanol–water partition coefficient (Wildman–Crippen LogP) is 1.55. The first-order valence-corrected chi connectivity index (χ1v) is 5.17. The van der Waals surface area contributed by atoms with Crippen molar-refractivity contribution in [1.29, 1.82) is 0 Å². The molecule has 1 N–H and O–H groups in total. The van der Waals surface area contributed by atoms with Gasteiger partial charge in [0, 0.05) is 18.5 Å². The van der Waals surface area contributed by atoms with Crippen molar-refractivity contribution < 1.29 is 9.90 Å². The van der Waals surface area contributed by atoms with Crippen LogP contribution in [-0.4, -0.2) is 17.2 Å². The van der Waals surface area contributed by atoms with Gasteiger partial charge in [0.15, 0.2) is 0 Å². The fourth-order valence-corrected chi connectivity index (χ4v) is 2.12. The highest BCUT2D eigenvalue weighted by Gasteiger charge is 2.32. The monoisotopic (exact) mass is 205 g/mol. The lowest BCUT2D eigenvalue weighted by Gasteiger charge is -2.37. The number of anilines is 1. The Morgan fingerprint density at radius 2 is 2.13 bits per heavy atom. The number of carbonyl (C=O) groups excluding carboxylic acids is 1. The third-order valence-corrected chi connectivity index (χ3v) is 2.91. The number of amides is 1. The summed E-state index contributed by atoms with van der Waals surface area (Å²) in [6.45, 7) is 3.44. The summed E-state index contributed by atoms with van der Waals surface area (Å²) in [5, 5.41) is 9.96. The van der Waals surface area contributed by atoms with Gasteiger partial charge in [0.05, 0.1) is 0 Å². The van der Waals surface area contributed by atoms with E-state index in [2.05, 4.69) is 0 Å². The topological polar surface area (TPSA) is 40.5 Å². The van der Waals surface area contributed by atoms with E-state index >= 15 is 0 Å². The van der Waals surface area contributed by atoms with Crippen molar-refractivity contribution in [1.82, 2.24) is 0 Å². The molecular formula is C12H15NO2. The maximum Gasteiger partial charge on any atom is 0.225 e. The molecule has 0 spiro atoms. The fourth-order valence-electron chi connectivity index (χ4n) is 2.12. The van der Waals surface area contributed by atoms with Gasteiger partial charge < -0.3 is 5.11 Å². The molecule has 0 saturated carbocycles. The Morgan fingerprint density at radius 1 is 1.47 bits per heavy atom. The van der Waals surface area contributed by atoms with E-state index in [-0.39, 0.29) is 11.8 Å². The first kappa shape index (κ1) is 10.2. The van der Waals surface area contributed by atoms with E-state index in [1.807, 2.05) is 31.2 Å². The zero-order valence-electron chi connectivity index (χ0n) is 8.97. The Morgan fingerprint density at radius 3 is 2.80 bits per heavy atom. The molecule has 0 radical (unpaired) electrons. The van der Waals surface area contributed by atoms with Gasteiger partial charge in [-0.15, -0.1) is 0 Å². The van der Waals surface area contributed by atoms with Crippen molar-refractivity contribution in [2.45, 2.75) is 26.5 Å². The molecule has 1 aromatic carbocycles. The minimum absolute atomic E-state index is 0.0869. The minimum Gasteiger partial charge on any atom is -0.373 e. The molecule has 1 amide bonds. The number of aliphatic hydroxyl groups is 1. The largest absolute Gasteiger partial charge is 0.373 e. The maximum atomic E-state index is 11.5. The van der Waals surface area contributed by atoms with E-state index in [0.717, 1.165) is 17.7 Å². The van der Waals surface area contributed by atoms with Crippen LogP contribution in [0.15, 0.2) is 24.3 Å². The second-order valence-electron chi connectivity index (χ2n) is 4.11. The summed E-state index contributed by atoms with van der Waals surface area (Å²) in [5.74, 6) is -0.0229. The summed E-state index contributed by atoms with van der Waals surface area (Å²) in [6.07, 6.45) is 0.124. The van der Waals surface area contributed by atoms with Crippen LogP contribution in [0.5, 0.6) is 0 Å². The summed E-state index contributed by atoms with van der Waals surface area (Å²) < 4.78 is 0. The molecule has 0 bridgehead atoms. The van der Waals surface area contributed by atoms with Crippen LogP contribution >= 0.6 is 0 Å². The van der Waals surface area contributed by atoms with E-state index in [9.17, 15) is 9.90 Å². The van der Waals surface area contributed by atoms with E-state index in [1.54, 1.807) is 0 Å². The van der Waals surface area contributed by atoms with Crippen LogP contribution in [0.2, 0.25) is 0 Å². The average molecular weight is 205 g/mol. The Balaban J connectivity index is 2.49. The standard InChI is InChI=1S/C12H15NO2/c1-8-7-10-5-3-4-6-11(10)13(9(2)14)12(8)15/h3-6,8,12,15H,7H2,1-2H3/t8-,12+/m1/s1. The zero-order valence-corrected chi connectivity index (χ0v) is 8.97. The predicted molar refractivity (Wildman–Crippen MR) is 58.5 cm³/mol. The summed E-state index contributed by atoms with van der Waals surface area (Å²) in [5.41, 5.74) is 1.97. The minimum atomic E-state index is -0.697. The molecule has 15 heavy (non-hydrogen) atoms. The molecule has 1 heterocycles. The molecule has 0 aliphatic carbocycles. The molecule has 80 valence electrons. The van der Waals surface area contributed by atoms with Crippen molar-refractivity contribution in [2.75, 3.05) is 4.90 Å². The van der Waals surface area contributed by atoms with Crippen LogP contribution in [0, 0.1) is 5.92 Å². The van der Waals surface area contributed by atoms with Gasteiger partial charge in [-0.3, -0.25) is 9.69 Å². The van der Waals surface area contributed by atoms with Gasteiger partial charge >= 0.3 is 0 Å². The van der Waals surface area contributed by atoms with Crippen LogP contribution in [-0.2, 0) is 11.2 Å². The highest BCUT2D eigenvalue weighted by atomic mass is 16.3. The number of carbonyl (C=O) groups is 1. The summed E-state index contributed by atoms with van der Waals surface area (Å²) in [6, 6.07) is 7.73. The fraction of sp³-hybridized carbons (Fsp3) is 0.417. The highest BCUT2D eigenvalue weighted by molar-refractivity contribution is 5.93. The molecule has 2 rings (SSSR count). The molecule has 0 saturated heterocycles. The quantitative estimate of drug-likeness (QED) is 0.698. The van der Waals surface area contributed by atoms with Crippen LogP contribution in [0.1, 0.15) is 19.4 Å². The molecule has 2 atom stereocenters. The zero-order chi connectivity index (χ0) is 11.0. The van der Waals surface area contributed by atoms with Crippen LogP contribution in [0.25, 0.3) is 0 Å². The summed E-state index contributed by atoms with van der Waals surface area (Å²) in [4.78, 5) is 13.0. The number of hydrogen-bond donors (Lipinski definition) is 1. The van der Waals surface area contributed by atoms with E-state index < -0.39 is 6.23 Å². The molecular weight excluding hydrogens is 190 g/mol. The lowest BCUT2D eigenvalue weighted by molar-refractivity contribution is -0.119. The molecule has 3 heteroatoms. The lowest BCUT2D eigenvalue weighted by Crippen LogP contribution is -2.46. The third kappa shape index (κ3) is 1.63. The first-order chi connectivity index (χ1) is 7.11. The molecule has 0 aromatic heterocycles. The van der Waals surface area contributed by atoms with Crippen LogP contribution in [0.3, 0.4) is 0 Å². The summed E-state index contributed by atoms with van der Waals surface area (Å²) in [7, 11) is 0. The second kappa shape index (κ2) is 3.66. The molecule has 1 aliphatic heterocycles. The van der Waals surface area contributed by atoms with Crippen molar-refractivity contribution in [3.05, 3.63) is 29.8 Å². The lowest BCUT2D eigenvalue weighted by atomic mass is 9.92. The van der Waals surface area contributed by atoms with Gasteiger partial charge in [0.1, 0.15) is 6.23 Å². The van der Waals surface area contributed by atoms with Gasteiger partial charge in [-0.2, -0.15) is 0 Å². The highest BCUT2D eigenvalue weighted by Crippen LogP contribution is 2.32. The van der Waals surface area contributed by atoms with Crippen LogP contribution < -0.4 is 4.90 Å². The number of nitrogens with zero attached hydrogens (tertiary/aromatic N) is 1. The SMILES string of the molecule is CC(=O)N1c2ccccc2C[C@@H](C)[C@@H]1O. The molecule has 1 aromatic rings. The van der Waals surface area contributed by atoms with Crippen molar-refractivity contribution >= 4 is 11.6 Å². The van der Waals surface area contributed by atoms with Crippen molar-refractivity contribution in [3.8, 4) is 0 Å². The van der Waals surface area contributed by atoms with Crippen molar-refractivity contribution in [3.63, 3.8) is 0 Å². The van der Waals surface area contributed by atoms with E-state index in [1.165, 1.54) is 11.8 Å². The number of para-hydroxylation sites is 1. The second-order valence-corrected chi connectivity index (χ2v) is 4.11. The Hall–Kier alpha value is -1.35. The Kier molecular flexibility index (Phi) is 2.49. The number of fused-ring (bicyclic) bond motifs is 1. The number of hydrogen-bond acceptors (Lipinski definition) is 2.